The van der Waals surface area contributed by atoms with Gasteiger partial charge < -0.3 is 0 Å². The van der Waals surface area contributed by atoms with E-state index < -0.39 is 0 Å². The van der Waals surface area contributed by atoms with Crippen LogP contribution in [0, 0.1) is 25.7 Å². The zero-order chi connectivity index (χ0) is 71.5. The van der Waals surface area contributed by atoms with Crippen molar-refractivity contribution in [3.63, 3.8) is 0 Å². The number of amides is 4. The molecule has 0 bridgehead atoms. The maximum atomic E-state index is 15.2. The Labute approximate surface area is 607 Å². The molecule has 0 saturated heterocycles. The predicted octanol–water partition coefficient (Wildman–Crippen LogP) is 25.1. The molecular weight excluding hydrogens is 1270 g/mol. The third-order valence-electron chi connectivity index (χ3n) is 25.4. The lowest BCUT2D eigenvalue weighted by Crippen LogP contribution is -2.42. The minimum Gasteiger partial charge on any atom is -0.268 e. The lowest BCUT2D eigenvalue weighted by atomic mass is 9.62. The van der Waals surface area contributed by atoms with Gasteiger partial charge >= 0.3 is 0 Å². The van der Waals surface area contributed by atoms with E-state index >= 15 is 19.2 Å². The quantitative estimate of drug-likeness (QED) is 0.0735. The second kappa shape index (κ2) is 21.9. The van der Waals surface area contributed by atoms with Crippen LogP contribution in [0.15, 0.2) is 170 Å². The molecule has 2 heterocycles. The Balaban J connectivity index is 0.609. The summed E-state index contributed by atoms with van der Waals surface area (Å²) in [6.45, 7) is 30.7. The Morgan fingerprint density at radius 1 is 0.279 bits per heavy atom. The highest BCUT2D eigenvalue weighted by Crippen LogP contribution is 2.64. The molecule has 508 valence electrons. The van der Waals surface area contributed by atoms with Crippen LogP contribution in [0.5, 0.6) is 0 Å². The Morgan fingerprint density at radius 3 is 0.885 bits per heavy atom. The van der Waals surface area contributed by atoms with Crippen molar-refractivity contribution in [2.75, 3.05) is 9.80 Å². The fourth-order valence-electron chi connectivity index (χ4n) is 20.1. The SMILES string of the molecule is Cc1cc2cc3c(cc2cc1CCc1cc2cc4c(cc2cc1C)-c1ccc2c5ccc6c7c(ccc(c8ccc-4c1c28)c75)C(=O)N(c1c(C(C)C)cc(C(C)C)cc1C(C)C)C6=O)C1=CC=C2c4ccc5c6c(ccc(c46)C4=CC=C3C1C42)C(=O)N(c1c(C(C)C)cc(C(C)C)cc1C(C)C)C5=O. The first-order valence-corrected chi connectivity index (χ1v) is 38.0. The highest BCUT2D eigenvalue weighted by Gasteiger charge is 2.49. The van der Waals surface area contributed by atoms with Gasteiger partial charge in [0.2, 0.25) is 0 Å². The number of allylic oxidation sites excluding steroid dienone is 8. The van der Waals surface area contributed by atoms with Crippen molar-refractivity contribution < 1.29 is 19.2 Å². The van der Waals surface area contributed by atoms with E-state index in [-0.39, 0.29) is 59.1 Å². The molecule has 0 fully saturated rings. The number of benzene rings is 13. The third-order valence-corrected chi connectivity index (χ3v) is 25.4. The molecule has 4 amide bonds. The second-order valence-electron chi connectivity index (χ2n) is 33.1. The summed E-state index contributed by atoms with van der Waals surface area (Å²) >= 11 is 0. The summed E-state index contributed by atoms with van der Waals surface area (Å²) in [5.74, 6) is 0.263. The van der Waals surface area contributed by atoms with Crippen LogP contribution in [0.1, 0.15) is 238 Å². The first-order chi connectivity index (χ1) is 50.0. The van der Waals surface area contributed by atoms with Crippen LogP contribution in [-0.4, -0.2) is 23.6 Å². The van der Waals surface area contributed by atoms with Gasteiger partial charge in [-0.05, 0) is 298 Å². The Morgan fingerprint density at radius 2 is 0.548 bits per heavy atom. The molecule has 2 atom stereocenters. The second-order valence-corrected chi connectivity index (χ2v) is 33.1. The van der Waals surface area contributed by atoms with Crippen LogP contribution in [0.25, 0.3) is 120 Å². The molecule has 2 unspecified atom stereocenters. The minimum absolute atomic E-state index is 0.100. The van der Waals surface area contributed by atoms with E-state index in [2.05, 4.69) is 243 Å². The van der Waals surface area contributed by atoms with Crippen LogP contribution in [0.4, 0.5) is 11.4 Å². The van der Waals surface area contributed by atoms with E-state index in [9.17, 15) is 0 Å². The summed E-state index contributed by atoms with van der Waals surface area (Å²) in [6, 6.07) is 54.1. The van der Waals surface area contributed by atoms with Gasteiger partial charge in [0.05, 0.1) is 11.4 Å². The van der Waals surface area contributed by atoms with Crippen molar-refractivity contribution in [2.24, 2.45) is 11.8 Å². The van der Waals surface area contributed by atoms with Crippen LogP contribution in [0.3, 0.4) is 0 Å². The van der Waals surface area contributed by atoms with E-state index in [4.69, 9.17) is 0 Å². The number of anilines is 2. The number of rotatable bonds is 11. The maximum absolute atomic E-state index is 15.2. The molecule has 0 aromatic heterocycles. The molecule has 0 saturated carbocycles. The lowest BCUT2D eigenvalue weighted by Gasteiger charge is -2.41. The fraction of sp³-hybridized carbons (Fsp3) is 0.245. The zero-order valence-corrected chi connectivity index (χ0v) is 61.7. The molecule has 13 aromatic carbocycles. The first-order valence-electron chi connectivity index (χ1n) is 38.0. The summed E-state index contributed by atoms with van der Waals surface area (Å²) in [4.78, 5) is 63.9. The van der Waals surface area contributed by atoms with Crippen molar-refractivity contribution in [1.82, 2.24) is 0 Å². The van der Waals surface area contributed by atoms with Crippen molar-refractivity contribution in [3.05, 3.63) is 270 Å². The Hall–Kier alpha value is -10.8. The summed E-state index contributed by atoms with van der Waals surface area (Å²) in [5.41, 5.74) is 30.8. The standard InChI is InChI=1S/C98H82N2O4/c1-45(2)55-37-77(47(5)6)93(78(38-55)48(7)8)99-95(101)73-29-25-65-61-17-21-69-81-41-57-33-51(13)53(35-59(57)43-83(81)71-23-19-63(85(61)89(69)71)67-27-31-75(97(99)103)91(73)87(65)67)15-16-54-36-60-44-84-72-24-20-64-68-28-32-76-92-74(96(102)100(98(76)104)94-79(49(9)10)39-56(46(3)4)40-80(94)50(11)12)30-26-66(88(68)92)62-18-22-70(90(72)86(62)64)82(84)42-58(60)34-52(54)14/h17-50,85,89H,15-16H2,1-14H3. The van der Waals surface area contributed by atoms with Gasteiger partial charge in [0, 0.05) is 44.9 Å². The molecule has 13 aromatic rings. The lowest BCUT2D eigenvalue weighted by molar-refractivity contribution is 0.0877. The molecule has 0 radical (unpaired) electrons. The van der Waals surface area contributed by atoms with Gasteiger partial charge in [-0.1, -0.05) is 204 Å². The highest BCUT2D eigenvalue weighted by atomic mass is 16.2. The zero-order valence-electron chi connectivity index (χ0n) is 61.7. The van der Waals surface area contributed by atoms with Crippen LogP contribution >= 0.6 is 0 Å². The van der Waals surface area contributed by atoms with E-state index in [1.807, 2.05) is 24.3 Å². The molecule has 20 rings (SSSR count). The molecule has 6 nitrogen and oxygen atoms in total. The van der Waals surface area contributed by atoms with E-state index in [0.29, 0.717) is 34.1 Å². The van der Waals surface area contributed by atoms with Crippen molar-refractivity contribution in [1.29, 1.82) is 0 Å². The van der Waals surface area contributed by atoms with Gasteiger partial charge in [0.1, 0.15) is 0 Å². The average Bonchev–Trinajstić information content (AvgIpc) is 1.35. The first kappa shape index (κ1) is 62.9. The average molecular weight is 1350 g/mol. The maximum Gasteiger partial charge on any atom is 0.266 e. The van der Waals surface area contributed by atoms with Crippen molar-refractivity contribution in [2.45, 2.75) is 145 Å². The summed E-state index contributed by atoms with van der Waals surface area (Å²) < 4.78 is 0. The predicted molar refractivity (Wildman–Crippen MR) is 433 cm³/mol. The Kier molecular flexibility index (Phi) is 13.2. The summed E-state index contributed by atoms with van der Waals surface area (Å²) in [5, 5.41) is 15.4. The van der Waals surface area contributed by atoms with Gasteiger partial charge in [-0.25, -0.2) is 9.80 Å². The molecule has 2 aliphatic heterocycles. The highest BCUT2D eigenvalue weighted by molar-refractivity contribution is 6.44. The molecule has 7 aliphatic rings. The van der Waals surface area contributed by atoms with Gasteiger partial charge in [0.15, 0.2) is 0 Å². The largest absolute Gasteiger partial charge is 0.268 e. The molecule has 0 N–H and O–H groups in total. The van der Waals surface area contributed by atoms with Gasteiger partial charge in [-0.3, -0.25) is 19.2 Å². The normalized spacial score (nSPS) is 16.8. The molecule has 0 spiro atoms. The molecule has 5 aliphatic carbocycles. The number of carbonyl (C=O) groups excluding carboxylic acids is 4. The number of fused-ring (bicyclic) bond motifs is 12. The number of imide groups is 2. The van der Waals surface area contributed by atoms with E-state index in [1.54, 1.807) is 0 Å². The van der Waals surface area contributed by atoms with Crippen molar-refractivity contribution >= 4 is 133 Å². The Bertz CT molecular complexity index is 6270. The summed E-state index contributed by atoms with van der Waals surface area (Å²) in [7, 11) is 0. The van der Waals surface area contributed by atoms with Crippen LogP contribution < -0.4 is 9.80 Å². The van der Waals surface area contributed by atoms with E-state index in [0.717, 1.165) is 101 Å². The molecule has 6 heteroatoms. The van der Waals surface area contributed by atoms with Gasteiger partial charge in [-0.2, -0.15) is 0 Å². The minimum atomic E-state index is -0.258. The van der Waals surface area contributed by atoms with E-state index in [1.165, 1.54) is 131 Å². The number of aryl methyl sites for hydroxylation is 4. The monoisotopic (exact) mass is 1350 g/mol. The summed E-state index contributed by atoms with van der Waals surface area (Å²) in [6.07, 6.45) is 11.2. The smallest absolute Gasteiger partial charge is 0.266 e. The number of hydrogen-bond donors (Lipinski definition) is 0. The van der Waals surface area contributed by atoms with Crippen LogP contribution in [0.2, 0.25) is 0 Å². The van der Waals surface area contributed by atoms with Crippen molar-refractivity contribution in [3.8, 4) is 22.3 Å². The van der Waals surface area contributed by atoms with Crippen LogP contribution in [-0.2, 0) is 12.8 Å². The number of carbonyl (C=O) groups is 4. The number of hydrogen-bond acceptors (Lipinski definition) is 4. The third kappa shape index (κ3) is 8.34. The topological polar surface area (TPSA) is 74.8 Å². The number of nitrogens with zero attached hydrogens (tertiary/aromatic N) is 2. The van der Waals surface area contributed by atoms with Gasteiger partial charge in [0.25, 0.3) is 23.6 Å². The fourth-order valence-corrected chi connectivity index (χ4v) is 20.1. The van der Waals surface area contributed by atoms with Gasteiger partial charge in [-0.15, -0.1) is 0 Å². The molecular formula is C98H82N2O4. The molecule has 104 heavy (non-hydrogen) atoms.